The van der Waals surface area contributed by atoms with Gasteiger partial charge in [0.2, 0.25) is 0 Å². The molecular formula is C21H18N2O2. The fourth-order valence-electron chi connectivity index (χ4n) is 3.19. The van der Waals surface area contributed by atoms with Crippen molar-refractivity contribution >= 4 is 17.3 Å². The fraction of sp³-hybridized carbons (Fsp3) is 0.0952. The summed E-state index contributed by atoms with van der Waals surface area (Å²) in [5.41, 5.74) is 3.99. The molecule has 124 valence electrons. The van der Waals surface area contributed by atoms with Crippen LogP contribution in [0.5, 0.6) is 5.75 Å². The van der Waals surface area contributed by atoms with E-state index in [1.165, 1.54) is 0 Å². The number of rotatable bonds is 2. The summed E-state index contributed by atoms with van der Waals surface area (Å²) in [5.74, 6) is 0.203. The molecule has 3 aromatic rings. The van der Waals surface area contributed by atoms with Crippen molar-refractivity contribution in [2.24, 2.45) is 0 Å². The van der Waals surface area contributed by atoms with Gasteiger partial charge in [0.25, 0.3) is 5.91 Å². The number of para-hydroxylation sites is 2. The van der Waals surface area contributed by atoms with Crippen LogP contribution in [0.2, 0.25) is 0 Å². The molecule has 0 fully saturated rings. The van der Waals surface area contributed by atoms with Gasteiger partial charge in [0.1, 0.15) is 11.9 Å². The highest BCUT2D eigenvalue weighted by Crippen LogP contribution is 2.37. The first-order chi connectivity index (χ1) is 12.1. The summed E-state index contributed by atoms with van der Waals surface area (Å²) in [6.07, 6.45) is -0.343. The normalized spacial score (nSPS) is 16.3. The van der Waals surface area contributed by atoms with Crippen molar-refractivity contribution in [2.45, 2.75) is 13.1 Å². The largest absolute Gasteiger partial charge is 0.508 e. The van der Waals surface area contributed by atoms with E-state index in [4.69, 9.17) is 0 Å². The van der Waals surface area contributed by atoms with Gasteiger partial charge in [0.15, 0.2) is 0 Å². The topological polar surface area (TPSA) is 52.6 Å². The molecule has 2 N–H and O–H groups in total. The summed E-state index contributed by atoms with van der Waals surface area (Å²) in [6.45, 7) is 1.85. The molecule has 0 radical (unpaired) electrons. The van der Waals surface area contributed by atoms with Gasteiger partial charge in [-0.25, -0.2) is 0 Å². The van der Waals surface area contributed by atoms with E-state index >= 15 is 0 Å². The number of hydrogen-bond acceptors (Lipinski definition) is 3. The summed E-state index contributed by atoms with van der Waals surface area (Å²) >= 11 is 0. The lowest BCUT2D eigenvalue weighted by atomic mass is 10.0. The molecule has 4 rings (SSSR count). The smallest absolute Gasteiger partial charge is 0.262 e. The minimum Gasteiger partial charge on any atom is -0.508 e. The number of phenolic OH excluding ortho intramolecular Hbond substituents is 1. The molecule has 4 heteroatoms. The second kappa shape index (κ2) is 5.98. The van der Waals surface area contributed by atoms with Crippen LogP contribution in [-0.4, -0.2) is 11.0 Å². The van der Waals surface area contributed by atoms with E-state index < -0.39 is 0 Å². The first-order valence-corrected chi connectivity index (χ1v) is 8.19. The molecule has 1 atom stereocenters. The molecule has 1 aliphatic rings. The third kappa shape index (κ3) is 2.62. The van der Waals surface area contributed by atoms with Gasteiger partial charge >= 0.3 is 0 Å². The molecule has 25 heavy (non-hydrogen) atoms. The lowest BCUT2D eigenvalue weighted by molar-refractivity contribution is 0.0975. The number of amides is 1. The Kier molecular flexibility index (Phi) is 3.65. The molecule has 0 saturated carbocycles. The second-order valence-electron chi connectivity index (χ2n) is 6.15. The molecule has 0 aliphatic carbocycles. The Labute approximate surface area is 146 Å². The number of carbonyl (C=O) groups excluding carboxylic acids is 1. The van der Waals surface area contributed by atoms with Crippen molar-refractivity contribution in [2.75, 3.05) is 10.2 Å². The summed E-state index contributed by atoms with van der Waals surface area (Å²) in [6, 6.07) is 22.6. The van der Waals surface area contributed by atoms with Gasteiger partial charge in [-0.1, -0.05) is 36.4 Å². The van der Waals surface area contributed by atoms with E-state index in [2.05, 4.69) is 5.32 Å². The van der Waals surface area contributed by atoms with Crippen LogP contribution in [-0.2, 0) is 0 Å². The van der Waals surface area contributed by atoms with Gasteiger partial charge in [-0.3, -0.25) is 9.69 Å². The Morgan fingerprint density at radius 1 is 0.960 bits per heavy atom. The number of aromatic hydroxyl groups is 1. The van der Waals surface area contributed by atoms with Gasteiger partial charge in [0.05, 0.1) is 5.56 Å². The predicted octanol–water partition coefficient (Wildman–Crippen LogP) is 4.47. The zero-order valence-corrected chi connectivity index (χ0v) is 13.8. The molecular weight excluding hydrogens is 312 g/mol. The molecule has 0 aromatic heterocycles. The first kappa shape index (κ1) is 15.3. The Morgan fingerprint density at radius 3 is 2.44 bits per heavy atom. The van der Waals surface area contributed by atoms with Gasteiger partial charge in [-0.05, 0) is 54.4 Å². The van der Waals surface area contributed by atoms with E-state index in [0.717, 1.165) is 22.5 Å². The summed E-state index contributed by atoms with van der Waals surface area (Å²) in [5, 5.41) is 13.3. The molecule has 1 amide bonds. The van der Waals surface area contributed by atoms with Crippen LogP contribution in [0.15, 0.2) is 72.8 Å². The van der Waals surface area contributed by atoms with Crippen LogP contribution >= 0.6 is 0 Å². The number of phenols is 1. The van der Waals surface area contributed by atoms with Crippen LogP contribution in [0.3, 0.4) is 0 Å². The predicted molar refractivity (Wildman–Crippen MR) is 98.9 cm³/mol. The zero-order valence-electron chi connectivity index (χ0n) is 13.8. The van der Waals surface area contributed by atoms with Crippen molar-refractivity contribution in [3.05, 3.63) is 89.5 Å². The maximum Gasteiger partial charge on any atom is 0.262 e. The lowest BCUT2D eigenvalue weighted by Gasteiger charge is -2.38. The minimum absolute atomic E-state index is 0.0451. The molecule has 0 bridgehead atoms. The molecule has 1 unspecified atom stereocenters. The Balaban J connectivity index is 1.87. The first-order valence-electron chi connectivity index (χ1n) is 8.19. The molecule has 1 aliphatic heterocycles. The maximum absolute atomic E-state index is 13.2. The average Bonchev–Trinajstić information content (AvgIpc) is 2.64. The fourth-order valence-corrected chi connectivity index (χ4v) is 3.19. The number of benzene rings is 3. The standard InChI is InChI=1S/C21H18N2O2/c1-14-13-15(11-12-19(14)24)20-22-18-10-6-5-9-17(18)21(25)23(20)16-7-3-2-4-8-16/h2-13,20,22,24H,1H3. The van der Waals surface area contributed by atoms with Crippen molar-refractivity contribution in [3.8, 4) is 5.75 Å². The quantitative estimate of drug-likeness (QED) is 0.729. The molecule has 0 spiro atoms. The van der Waals surface area contributed by atoms with Crippen LogP contribution in [0.25, 0.3) is 0 Å². The van der Waals surface area contributed by atoms with Gasteiger partial charge < -0.3 is 10.4 Å². The van der Waals surface area contributed by atoms with E-state index in [1.807, 2.05) is 73.7 Å². The average molecular weight is 330 g/mol. The lowest BCUT2D eigenvalue weighted by Crippen LogP contribution is -2.43. The van der Waals surface area contributed by atoms with E-state index in [1.54, 1.807) is 11.0 Å². The maximum atomic E-state index is 13.2. The number of nitrogens with one attached hydrogen (secondary N) is 1. The van der Waals surface area contributed by atoms with Crippen LogP contribution in [0.4, 0.5) is 11.4 Å². The van der Waals surface area contributed by atoms with Gasteiger partial charge in [0, 0.05) is 11.4 Å². The number of fused-ring (bicyclic) bond motifs is 1. The number of hydrogen-bond donors (Lipinski definition) is 2. The Bertz CT molecular complexity index is 938. The highest BCUT2D eigenvalue weighted by molar-refractivity contribution is 6.12. The summed E-state index contributed by atoms with van der Waals surface area (Å²) in [7, 11) is 0. The number of carbonyl (C=O) groups is 1. The SMILES string of the molecule is Cc1cc(C2Nc3ccccc3C(=O)N2c2ccccc2)ccc1O. The monoisotopic (exact) mass is 330 g/mol. The molecule has 3 aromatic carbocycles. The highest BCUT2D eigenvalue weighted by Gasteiger charge is 2.33. The van der Waals surface area contributed by atoms with Gasteiger partial charge in [-0.15, -0.1) is 0 Å². The third-order valence-corrected chi connectivity index (χ3v) is 4.50. The van der Waals surface area contributed by atoms with Crippen molar-refractivity contribution in [1.82, 2.24) is 0 Å². The Hall–Kier alpha value is -3.27. The Morgan fingerprint density at radius 2 is 1.68 bits per heavy atom. The zero-order chi connectivity index (χ0) is 17.4. The summed E-state index contributed by atoms with van der Waals surface area (Å²) < 4.78 is 0. The third-order valence-electron chi connectivity index (χ3n) is 4.50. The van der Waals surface area contributed by atoms with Crippen molar-refractivity contribution in [1.29, 1.82) is 0 Å². The van der Waals surface area contributed by atoms with E-state index in [0.29, 0.717) is 5.56 Å². The van der Waals surface area contributed by atoms with Crippen LogP contribution in [0, 0.1) is 6.92 Å². The van der Waals surface area contributed by atoms with E-state index in [-0.39, 0.29) is 17.8 Å². The number of nitrogens with zero attached hydrogens (tertiary/aromatic N) is 1. The number of anilines is 2. The van der Waals surface area contributed by atoms with E-state index in [9.17, 15) is 9.90 Å². The minimum atomic E-state index is -0.343. The molecule has 1 heterocycles. The number of aryl methyl sites for hydroxylation is 1. The van der Waals surface area contributed by atoms with Crippen LogP contribution in [0.1, 0.15) is 27.7 Å². The van der Waals surface area contributed by atoms with Crippen molar-refractivity contribution < 1.29 is 9.90 Å². The van der Waals surface area contributed by atoms with Gasteiger partial charge in [-0.2, -0.15) is 0 Å². The second-order valence-corrected chi connectivity index (χ2v) is 6.15. The molecule has 0 saturated heterocycles. The summed E-state index contributed by atoms with van der Waals surface area (Å²) in [4.78, 5) is 14.9. The molecule has 4 nitrogen and oxygen atoms in total. The van der Waals surface area contributed by atoms with Crippen molar-refractivity contribution in [3.63, 3.8) is 0 Å². The highest BCUT2D eigenvalue weighted by atomic mass is 16.3. The van der Waals surface area contributed by atoms with Crippen LogP contribution < -0.4 is 10.2 Å².